The Hall–Kier alpha value is -1.90. The summed E-state index contributed by atoms with van der Waals surface area (Å²) >= 11 is 0. The van der Waals surface area contributed by atoms with Crippen molar-refractivity contribution in [2.24, 2.45) is 0 Å². The van der Waals surface area contributed by atoms with Crippen LogP contribution in [0.5, 0.6) is 0 Å². The topological polar surface area (TPSA) is 65.4 Å². The second-order valence-electron chi connectivity index (χ2n) is 6.71. The third-order valence-corrected chi connectivity index (χ3v) is 4.96. The van der Waals surface area contributed by atoms with Crippen molar-refractivity contribution in [1.82, 2.24) is 10.2 Å². The molecule has 1 aromatic carbocycles. The fourth-order valence-corrected chi connectivity index (χ4v) is 3.53. The molecule has 1 heterocycles. The van der Waals surface area contributed by atoms with Crippen LogP contribution in [0, 0.1) is 11.3 Å². The van der Waals surface area contributed by atoms with Crippen LogP contribution in [0.1, 0.15) is 43.2 Å². The van der Waals surface area contributed by atoms with Gasteiger partial charge in [-0.3, -0.25) is 9.69 Å². The number of nitrogens with zero attached hydrogens (tertiary/aromatic N) is 2. The molecule has 5 heteroatoms. The average molecular weight is 327 g/mol. The number of nitrogens with one attached hydrogen (secondary N) is 1. The molecular formula is C19H25N3O2. The summed E-state index contributed by atoms with van der Waals surface area (Å²) in [7, 11) is 0. The molecule has 2 fully saturated rings. The lowest BCUT2D eigenvalue weighted by Crippen LogP contribution is -2.55. The van der Waals surface area contributed by atoms with Crippen molar-refractivity contribution in [2.45, 2.75) is 50.7 Å². The van der Waals surface area contributed by atoms with Gasteiger partial charge in [-0.15, -0.1) is 0 Å². The lowest BCUT2D eigenvalue weighted by Gasteiger charge is -2.36. The van der Waals surface area contributed by atoms with Gasteiger partial charge in [-0.25, -0.2) is 0 Å². The summed E-state index contributed by atoms with van der Waals surface area (Å²) in [5.41, 5.74) is 1.78. The number of benzene rings is 1. The molecule has 0 aromatic heterocycles. The van der Waals surface area contributed by atoms with E-state index in [0.717, 1.165) is 24.9 Å². The molecule has 1 aromatic rings. The minimum absolute atomic E-state index is 0.0928. The van der Waals surface area contributed by atoms with E-state index in [1.54, 1.807) is 0 Å². The molecule has 3 rings (SSSR count). The van der Waals surface area contributed by atoms with Gasteiger partial charge in [0.25, 0.3) is 0 Å². The van der Waals surface area contributed by atoms with E-state index < -0.39 is 0 Å². The third-order valence-electron chi connectivity index (χ3n) is 4.96. The molecule has 1 saturated heterocycles. The zero-order valence-corrected chi connectivity index (χ0v) is 14.0. The van der Waals surface area contributed by atoms with Crippen LogP contribution in [0.4, 0.5) is 0 Å². The van der Waals surface area contributed by atoms with Crippen molar-refractivity contribution in [2.75, 3.05) is 19.8 Å². The highest BCUT2D eigenvalue weighted by Gasteiger charge is 2.30. The molecule has 0 radical (unpaired) electrons. The Bertz CT molecular complexity index is 588. The number of nitriles is 1. The van der Waals surface area contributed by atoms with Crippen LogP contribution in [-0.4, -0.2) is 42.6 Å². The SMILES string of the molecule is N#Cc1ccc(CN2CCOC[C@@H]2C(=O)NC2CCCCC2)cc1. The minimum atomic E-state index is -0.226. The third kappa shape index (κ3) is 4.34. The van der Waals surface area contributed by atoms with Gasteiger partial charge < -0.3 is 10.1 Å². The monoisotopic (exact) mass is 327 g/mol. The number of ether oxygens (including phenoxy) is 1. The maximum atomic E-state index is 12.7. The highest BCUT2D eigenvalue weighted by molar-refractivity contribution is 5.82. The zero-order valence-electron chi connectivity index (χ0n) is 14.0. The largest absolute Gasteiger partial charge is 0.378 e. The normalized spacial score (nSPS) is 22.7. The first kappa shape index (κ1) is 16.9. The molecule has 1 aliphatic carbocycles. The van der Waals surface area contributed by atoms with Crippen LogP contribution in [0.3, 0.4) is 0 Å². The number of amides is 1. The highest BCUT2D eigenvalue weighted by Crippen LogP contribution is 2.19. The number of hydrogen-bond donors (Lipinski definition) is 1. The number of rotatable bonds is 4. The van der Waals surface area contributed by atoms with Crippen LogP contribution in [0.15, 0.2) is 24.3 Å². The van der Waals surface area contributed by atoms with Gasteiger partial charge in [0.15, 0.2) is 0 Å². The Kier molecular flexibility index (Phi) is 5.84. The van der Waals surface area contributed by atoms with Crippen molar-refractivity contribution in [3.05, 3.63) is 35.4 Å². The molecule has 1 saturated carbocycles. The van der Waals surface area contributed by atoms with E-state index in [-0.39, 0.29) is 11.9 Å². The van der Waals surface area contributed by atoms with Gasteiger partial charge in [0.05, 0.1) is 24.8 Å². The van der Waals surface area contributed by atoms with Gasteiger partial charge in [-0.1, -0.05) is 31.4 Å². The Labute approximate surface area is 143 Å². The van der Waals surface area contributed by atoms with Crippen molar-refractivity contribution in [1.29, 1.82) is 5.26 Å². The van der Waals surface area contributed by atoms with Crippen molar-refractivity contribution >= 4 is 5.91 Å². The van der Waals surface area contributed by atoms with Gasteiger partial charge in [-0.2, -0.15) is 5.26 Å². The average Bonchev–Trinajstić information content (AvgIpc) is 2.63. The van der Waals surface area contributed by atoms with Crippen LogP contribution in [-0.2, 0) is 16.1 Å². The summed E-state index contributed by atoms with van der Waals surface area (Å²) in [5, 5.41) is 12.1. The summed E-state index contributed by atoms with van der Waals surface area (Å²) in [6, 6.07) is 9.81. The van der Waals surface area contributed by atoms with Gasteiger partial charge in [0, 0.05) is 19.1 Å². The first-order valence-corrected chi connectivity index (χ1v) is 8.87. The molecule has 1 N–H and O–H groups in total. The lowest BCUT2D eigenvalue weighted by atomic mass is 9.95. The lowest BCUT2D eigenvalue weighted by molar-refractivity contribution is -0.133. The van der Waals surface area contributed by atoms with E-state index >= 15 is 0 Å². The molecule has 0 unspecified atom stereocenters. The van der Waals surface area contributed by atoms with Crippen LogP contribution < -0.4 is 5.32 Å². The zero-order chi connectivity index (χ0) is 16.8. The summed E-state index contributed by atoms with van der Waals surface area (Å²) in [6.07, 6.45) is 5.88. The first-order valence-electron chi connectivity index (χ1n) is 8.87. The number of carbonyl (C=O) groups excluding carboxylic acids is 1. The minimum Gasteiger partial charge on any atom is -0.378 e. The Morgan fingerprint density at radius 3 is 2.71 bits per heavy atom. The van der Waals surface area contributed by atoms with Crippen LogP contribution >= 0.6 is 0 Å². The molecule has 128 valence electrons. The van der Waals surface area contributed by atoms with Gasteiger partial charge >= 0.3 is 0 Å². The van der Waals surface area contributed by atoms with E-state index in [0.29, 0.717) is 31.4 Å². The van der Waals surface area contributed by atoms with Gasteiger partial charge in [-0.05, 0) is 30.5 Å². The fourth-order valence-electron chi connectivity index (χ4n) is 3.53. The predicted octanol–water partition coefficient (Wildman–Crippen LogP) is 2.21. The number of carbonyl (C=O) groups is 1. The summed E-state index contributed by atoms with van der Waals surface area (Å²) in [6.45, 7) is 2.57. The Morgan fingerprint density at radius 1 is 1.25 bits per heavy atom. The second kappa shape index (κ2) is 8.27. The smallest absolute Gasteiger partial charge is 0.239 e. The predicted molar refractivity (Wildman–Crippen MR) is 91.2 cm³/mol. The summed E-state index contributed by atoms with van der Waals surface area (Å²) < 4.78 is 5.55. The van der Waals surface area contributed by atoms with E-state index in [2.05, 4.69) is 16.3 Å². The molecule has 0 bridgehead atoms. The molecule has 24 heavy (non-hydrogen) atoms. The van der Waals surface area contributed by atoms with Crippen molar-refractivity contribution < 1.29 is 9.53 Å². The second-order valence-corrected chi connectivity index (χ2v) is 6.71. The fraction of sp³-hybridized carbons (Fsp3) is 0.579. The molecule has 2 aliphatic rings. The van der Waals surface area contributed by atoms with Crippen LogP contribution in [0.2, 0.25) is 0 Å². The maximum Gasteiger partial charge on any atom is 0.239 e. The standard InChI is InChI=1S/C19H25N3O2/c20-12-15-6-8-16(9-7-15)13-22-10-11-24-14-18(22)19(23)21-17-4-2-1-3-5-17/h6-9,17-18H,1-5,10-11,13-14H2,(H,21,23)/t18-/m1/s1. The molecular weight excluding hydrogens is 302 g/mol. The quantitative estimate of drug-likeness (QED) is 0.921. The molecule has 1 amide bonds. The molecule has 0 spiro atoms. The van der Waals surface area contributed by atoms with E-state index in [4.69, 9.17) is 10.00 Å². The highest BCUT2D eigenvalue weighted by atomic mass is 16.5. The molecule has 1 aliphatic heterocycles. The maximum absolute atomic E-state index is 12.7. The summed E-state index contributed by atoms with van der Waals surface area (Å²) in [4.78, 5) is 14.9. The Morgan fingerprint density at radius 2 is 2.00 bits per heavy atom. The molecule has 1 atom stereocenters. The summed E-state index contributed by atoms with van der Waals surface area (Å²) in [5.74, 6) is 0.0928. The number of morpholine rings is 1. The first-order chi connectivity index (χ1) is 11.8. The van der Waals surface area contributed by atoms with Gasteiger partial charge in [0.1, 0.15) is 6.04 Å². The van der Waals surface area contributed by atoms with Crippen molar-refractivity contribution in [3.63, 3.8) is 0 Å². The number of hydrogen-bond acceptors (Lipinski definition) is 4. The van der Waals surface area contributed by atoms with E-state index in [1.807, 2.05) is 24.3 Å². The van der Waals surface area contributed by atoms with Crippen LogP contribution in [0.25, 0.3) is 0 Å². The van der Waals surface area contributed by atoms with Crippen molar-refractivity contribution in [3.8, 4) is 6.07 Å². The Balaban J connectivity index is 1.61. The van der Waals surface area contributed by atoms with E-state index in [1.165, 1.54) is 19.3 Å². The molecule has 5 nitrogen and oxygen atoms in total. The van der Waals surface area contributed by atoms with E-state index in [9.17, 15) is 4.79 Å². The van der Waals surface area contributed by atoms with Gasteiger partial charge in [0.2, 0.25) is 5.91 Å².